The third-order valence-corrected chi connectivity index (χ3v) is 3.84. The van der Waals surface area contributed by atoms with Gasteiger partial charge in [-0.3, -0.25) is 4.79 Å². The molecule has 1 heterocycles. The van der Waals surface area contributed by atoms with Crippen molar-refractivity contribution in [2.24, 2.45) is 0 Å². The SMILES string of the molecule is Cc1nc(N)c(C#N)c(-c2ccccc2)c1C(=O)Nc1ccccc1. The zero-order valence-electron chi connectivity index (χ0n) is 13.7. The molecule has 0 aliphatic carbocycles. The maximum Gasteiger partial charge on any atom is 0.258 e. The van der Waals surface area contributed by atoms with Crippen LogP contribution >= 0.6 is 0 Å². The number of nitrogens with zero attached hydrogens (tertiary/aromatic N) is 2. The Kier molecular flexibility index (Phi) is 4.44. The fourth-order valence-electron chi connectivity index (χ4n) is 2.73. The number of carbonyl (C=O) groups excluding carboxylic acids is 1. The van der Waals surface area contributed by atoms with Crippen molar-refractivity contribution in [3.8, 4) is 17.2 Å². The number of hydrogen-bond acceptors (Lipinski definition) is 4. The van der Waals surface area contributed by atoms with Crippen molar-refractivity contribution in [1.82, 2.24) is 4.98 Å². The maximum atomic E-state index is 12.9. The summed E-state index contributed by atoms with van der Waals surface area (Å²) in [4.78, 5) is 17.1. The summed E-state index contributed by atoms with van der Waals surface area (Å²) in [5.41, 5.74) is 8.87. The van der Waals surface area contributed by atoms with Gasteiger partial charge in [-0.1, -0.05) is 48.5 Å². The van der Waals surface area contributed by atoms with Crippen molar-refractivity contribution in [2.45, 2.75) is 6.92 Å². The van der Waals surface area contributed by atoms with Crippen LogP contribution < -0.4 is 11.1 Å². The average molecular weight is 328 g/mol. The molecule has 25 heavy (non-hydrogen) atoms. The predicted molar refractivity (Wildman–Crippen MR) is 97.9 cm³/mol. The summed E-state index contributed by atoms with van der Waals surface area (Å²) in [5.74, 6) is -0.207. The summed E-state index contributed by atoms with van der Waals surface area (Å²) in [6.45, 7) is 1.71. The van der Waals surface area contributed by atoms with Crippen LogP contribution in [0.2, 0.25) is 0 Å². The van der Waals surface area contributed by atoms with Gasteiger partial charge in [0, 0.05) is 11.3 Å². The van der Waals surface area contributed by atoms with Crippen LogP contribution in [0.25, 0.3) is 11.1 Å². The molecule has 0 spiro atoms. The molecule has 1 amide bonds. The van der Waals surface area contributed by atoms with Gasteiger partial charge in [-0.2, -0.15) is 5.26 Å². The van der Waals surface area contributed by atoms with Crippen LogP contribution in [0.1, 0.15) is 21.6 Å². The first-order valence-corrected chi connectivity index (χ1v) is 7.73. The largest absolute Gasteiger partial charge is 0.383 e. The molecule has 122 valence electrons. The molecule has 5 heteroatoms. The molecule has 0 radical (unpaired) electrons. The molecule has 0 fully saturated rings. The second-order valence-corrected chi connectivity index (χ2v) is 5.51. The molecule has 0 aliphatic rings. The van der Waals surface area contributed by atoms with Crippen molar-refractivity contribution < 1.29 is 4.79 Å². The number of anilines is 2. The van der Waals surface area contributed by atoms with Crippen molar-refractivity contribution in [3.63, 3.8) is 0 Å². The monoisotopic (exact) mass is 328 g/mol. The van der Waals surface area contributed by atoms with E-state index >= 15 is 0 Å². The number of benzene rings is 2. The van der Waals surface area contributed by atoms with Gasteiger partial charge in [0.15, 0.2) is 0 Å². The number of hydrogen-bond donors (Lipinski definition) is 2. The zero-order chi connectivity index (χ0) is 17.8. The number of rotatable bonds is 3. The topological polar surface area (TPSA) is 91.8 Å². The van der Waals surface area contributed by atoms with Crippen LogP contribution in [0.5, 0.6) is 0 Å². The van der Waals surface area contributed by atoms with E-state index in [9.17, 15) is 10.1 Å². The number of pyridine rings is 1. The number of nitrogens with one attached hydrogen (secondary N) is 1. The van der Waals surface area contributed by atoms with Crippen molar-refractivity contribution in [3.05, 3.63) is 77.5 Å². The summed E-state index contributed by atoms with van der Waals surface area (Å²) in [6, 6.07) is 20.5. The second kappa shape index (κ2) is 6.85. The van der Waals surface area contributed by atoms with Gasteiger partial charge >= 0.3 is 0 Å². The molecular weight excluding hydrogens is 312 g/mol. The summed E-state index contributed by atoms with van der Waals surface area (Å²) in [6.07, 6.45) is 0. The Bertz CT molecular complexity index is 960. The third kappa shape index (κ3) is 3.19. The second-order valence-electron chi connectivity index (χ2n) is 5.51. The quantitative estimate of drug-likeness (QED) is 0.765. The Labute approximate surface area is 145 Å². The Hall–Kier alpha value is -3.65. The molecular formula is C20H16N4O. The molecule has 0 aliphatic heterocycles. The zero-order valence-corrected chi connectivity index (χ0v) is 13.7. The lowest BCUT2D eigenvalue weighted by Gasteiger charge is -2.15. The highest BCUT2D eigenvalue weighted by molar-refractivity contribution is 6.10. The lowest BCUT2D eigenvalue weighted by atomic mass is 9.93. The number of nitrogen functional groups attached to an aromatic ring is 1. The average Bonchev–Trinajstić information content (AvgIpc) is 2.62. The van der Waals surface area contributed by atoms with Gasteiger partial charge in [0.25, 0.3) is 5.91 Å². The molecule has 3 rings (SSSR count). The molecule has 3 N–H and O–H groups in total. The van der Waals surface area contributed by atoms with Crippen LogP contribution in [0.15, 0.2) is 60.7 Å². The van der Waals surface area contributed by atoms with Gasteiger partial charge in [-0.05, 0) is 24.6 Å². The number of nitriles is 1. The maximum absolute atomic E-state index is 12.9. The van der Waals surface area contributed by atoms with Gasteiger partial charge in [0.2, 0.25) is 0 Å². The standard InChI is InChI=1S/C20H16N4O/c1-13-17(20(25)24-15-10-6-3-7-11-15)18(14-8-4-2-5-9-14)16(12-21)19(22)23-13/h2-11H,1H3,(H2,22,23)(H,24,25). The van der Waals surface area contributed by atoms with E-state index in [-0.39, 0.29) is 17.3 Å². The van der Waals surface area contributed by atoms with E-state index < -0.39 is 0 Å². The van der Waals surface area contributed by atoms with Crippen LogP contribution in [0.3, 0.4) is 0 Å². The number of amides is 1. The molecule has 0 saturated carbocycles. The minimum atomic E-state index is -0.327. The first-order valence-electron chi connectivity index (χ1n) is 7.73. The lowest BCUT2D eigenvalue weighted by Crippen LogP contribution is -2.17. The Morgan fingerprint density at radius 2 is 1.68 bits per heavy atom. The number of nitrogens with two attached hydrogens (primary N) is 1. The molecule has 0 atom stereocenters. The Balaban J connectivity index is 2.19. The molecule has 0 saturated heterocycles. The van der Waals surface area contributed by atoms with E-state index in [1.807, 2.05) is 48.5 Å². The van der Waals surface area contributed by atoms with Gasteiger partial charge in [0.05, 0.1) is 11.3 Å². The number of para-hydroxylation sites is 1. The summed E-state index contributed by atoms with van der Waals surface area (Å²) in [5, 5.41) is 12.4. The van der Waals surface area contributed by atoms with E-state index in [0.717, 1.165) is 5.56 Å². The highest BCUT2D eigenvalue weighted by atomic mass is 16.1. The summed E-state index contributed by atoms with van der Waals surface area (Å²) >= 11 is 0. The molecule has 3 aromatic rings. The first-order chi connectivity index (χ1) is 12.1. The van der Waals surface area contributed by atoms with Crippen molar-refractivity contribution >= 4 is 17.4 Å². The van der Waals surface area contributed by atoms with E-state index in [4.69, 9.17) is 5.73 Å². The first kappa shape index (κ1) is 16.2. The summed E-state index contributed by atoms with van der Waals surface area (Å²) < 4.78 is 0. The number of carbonyl (C=O) groups is 1. The molecule has 2 aromatic carbocycles. The highest BCUT2D eigenvalue weighted by Gasteiger charge is 2.23. The molecule has 0 bridgehead atoms. The Morgan fingerprint density at radius 1 is 1.08 bits per heavy atom. The van der Waals surface area contributed by atoms with Gasteiger partial charge in [-0.15, -0.1) is 0 Å². The molecule has 5 nitrogen and oxygen atoms in total. The van der Waals surface area contributed by atoms with Crippen LogP contribution in [0, 0.1) is 18.3 Å². The van der Waals surface area contributed by atoms with Crippen LogP contribution in [0.4, 0.5) is 11.5 Å². The summed E-state index contributed by atoms with van der Waals surface area (Å²) in [7, 11) is 0. The van der Waals surface area contributed by atoms with Crippen molar-refractivity contribution in [1.29, 1.82) is 5.26 Å². The lowest BCUT2D eigenvalue weighted by molar-refractivity contribution is 0.102. The van der Waals surface area contributed by atoms with Gasteiger partial charge in [-0.25, -0.2) is 4.98 Å². The smallest absolute Gasteiger partial charge is 0.258 e. The minimum Gasteiger partial charge on any atom is -0.383 e. The van der Waals surface area contributed by atoms with Gasteiger partial charge in [0.1, 0.15) is 17.5 Å². The van der Waals surface area contributed by atoms with E-state index in [1.165, 1.54) is 0 Å². The van der Waals surface area contributed by atoms with Crippen molar-refractivity contribution in [2.75, 3.05) is 11.1 Å². The fraction of sp³-hybridized carbons (Fsp3) is 0.0500. The minimum absolute atomic E-state index is 0.120. The number of aryl methyl sites for hydroxylation is 1. The van der Waals surface area contributed by atoms with Crippen LogP contribution in [-0.4, -0.2) is 10.9 Å². The van der Waals surface area contributed by atoms with E-state index in [1.54, 1.807) is 19.1 Å². The van der Waals surface area contributed by atoms with E-state index in [2.05, 4.69) is 16.4 Å². The Morgan fingerprint density at radius 3 is 2.28 bits per heavy atom. The normalized spacial score (nSPS) is 10.1. The molecule has 1 aromatic heterocycles. The van der Waals surface area contributed by atoms with Crippen LogP contribution in [-0.2, 0) is 0 Å². The molecule has 0 unspecified atom stereocenters. The highest BCUT2D eigenvalue weighted by Crippen LogP contribution is 2.32. The van der Waals surface area contributed by atoms with Gasteiger partial charge < -0.3 is 11.1 Å². The van der Waals surface area contributed by atoms with E-state index in [0.29, 0.717) is 22.5 Å². The number of aromatic nitrogens is 1. The fourth-order valence-corrected chi connectivity index (χ4v) is 2.73. The third-order valence-electron chi connectivity index (χ3n) is 3.84. The predicted octanol–water partition coefficient (Wildman–Crippen LogP) is 3.76.